The molecule has 6 nitrogen and oxygen atoms in total. The Kier molecular flexibility index (Phi) is 6.87. The molecule has 0 radical (unpaired) electrons. The van der Waals surface area contributed by atoms with Gasteiger partial charge < -0.3 is 9.32 Å². The number of piperidine rings is 1. The van der Waals surface area contributed by atoms with Crippen LogP contribution in [-0.4, -0.2) is 42.7 Å². The molecular weight excluding hydrogens is 448 g/mol. The molecule has 0 spiro atoms. The highest BCUT2D eigenvalue weighted by molar-refractivity contribution is 7.89. The molecule has 1 saturated heterocycles. The van der Waals surface area contributed by atoms with E-state index in [9.17, 15) is 13.2 Å². The van der Waals surface area contributed by atoms with Gasteiger partial charge in [-0.3, -0.25) is 4.79 Å². The zero-order valence-electron chi connectivity index (χ0n) is 20.6. The number of sulfonamides is 1. The maximum absolute atomic E-state index is 13.5. The Balaban J connectivity index is 1.67. The lowest BCUT2D eigenvalue weighted by molar-refractivity contribution is 0.0659. The van der Waals surface area contributed by atoms with Gasteiger partial charge >= 0.3 is 0 Å². The molecule has 1 fully saturated rings. The van der Waals surface area contributed by atoms with E-state index in [-0.39, 0.29) is 22.6 Å². The minimum atomic E-state index is -3.62. The van der Waals surface area contributed by atoms with Gasteiger partial charge in [-0.05, 0) is 62.8 Å². The Bertz CT molecular complexity index is 1270. The number of benzene rings is 2. The summed E-state index contributed by atoms with van der Waals surface area (Å²) in [4.78, 5) is 15.5. The van der Waals surface area contributed by atoms with E-state index in [4.69, 9.17) is 4.42 Å². The minimum Gasteiger partial charge on any atom is -0.451 e. The van der Waals surface area contributed by atoms with Gasteiger partial charge in [0.1, 0.15) is 5.58 Å². The van der Waals surface area contributed by atoms with Crippen molar-refractivity contribution in [2.75, 3.05) is 13.1 Å². The number of rotatable bonds is 6. The fourth-order valence-electron chi connectivity index (χ4n) is 4.91. The van der Waals surface area contributed by atoms with Crippen molar-refractivity contribution >= 4 is 26.9 Å². The summed E-state index contributed by atoms with van der Waals surface area (Å²) in [6.45, 7) is 11.5. The van der Waals surface area contributed by atoms with Gasteiger partial charge in [-0.2, -0.15) is 4.31 Å². The quantitative estimate of drug-likeness (QED) is 0.468. The van der Waals surface area contributed by atoms with Crippen LogP contribution in [0.4, 0.5) is 0 Å². The third-order valence-electron chi connectivity index (χ3n) is 6.65. The van der Waals surface area contributed by atoms with Crippen molar-refractivity contribution in [3.05, 3.63) is 65.4 Å². The summed E-state index contributed by atoms with van der Waals surface area (Å²) in [6, 6.07) is 14.7. The number of hydrogen-bond acceptors (Lipinski definition) is 4. The molecule has 0 N–H and O–H groups in total. The number of furan rings is 1. The van der Waals surface area contributed by atoms with Crippen LogP contribution in [0.2, 0.25) is 0 Å². The largest absolute Gasteiger partial charge is 0.451 e. The van der Waals surface area contributed by atoms with Gasteiger partial charge in [-0.25, -0.2) is 8.42 Å². The second kappa shape index (κ2) is 9.55. The Morgan fingerprint density at radius 2 is 1.74 bits per heavy atom. The fraction of sp³-hybridized carbons (Fsp3) is 0.444. The van der Waals surface area contributed by atoms with Gasteiger partial charge in [0, 0.05) is 36.6 Å². The molecule has 0 unspecified atom stereocenters. The normalized spacial score (nSPS) is 19.6. The summed E-state index contributed by atoms with van der Waals surface area (Å²) in [7, 11) is -3.62. The van der Waals surface area contributed by atoms with Crippen LogP contribution >= 0.6 is 0 Å². The highest BCUT2D eigenvalue weighted by Gasteiger charge is 2.32. The average Bonchev–Trinajstić information content (AvgIpc) is 3.13. The topological polar surface area (TPSA) is 70.8 Å². The molecule has 3 aromatic rings. The molecule has 0 bridgehead atoms. The molecule has 4 rings (SSSR count). The predicted octanol–water partition coefficient (Wildman–Crippen LogP) is 5.46. The molecule has 0 saturated carbocycles. The van der Waals surface area contributed by atoms with Crippen LogP contribution in [0, 0.1) is 18.8 Å². The van der Waals surface area contributed by atoms with Crippen molar-refractivity contribution in [2.45, 2.75) is 58.5 Å². The van der Waals surface area contributed by atoms with E-state index in [1.54, 1.807) is 27.4 Å². The monoisotopic (exact) mass is 482 g/mol. The van der Waals surface area contributed by atoms with E-state index in [1.807, 2.05) is 51.1 Å². The molecule has 1 aliphatic heterocycles. The third kappa shape index (κ3) is 4.77. The highest BCUT2D eigenvalue weighted by Crippen LogP contribution is 2.32. The van der Waals surface area contributed by atoms with Crippen molar-refractivity contribution in [3.8, 4) is 0 Å². The van der Waals surface area contributed by atoms with E-state index in [1.165, 1.54) is 0 Å². The Morgan fingerprint density at radius 3 is 2.35 bits per heavy atom. The highest BCUT2D eigenvalue weighted by atomic mass is 32.2. The molecule has 2 aromatic carbocycles. The number of nitrogens with zero attached hydrogens (tertiary/aromatic N) is 2. The van der Waals surface area contributed by atoms with Crippen molar-refractivity contribution in [2.24, 2.45) is 11.8 Å². The summed E-state index contributed by atoms with van der Waals surface area (Å²) in [6.07, 6.45) is 1.03. The van der Waals surface area contributed by atoms with Crippen molar-refractivity contribution < 1.29 is 17.6 Å². The van der Waals surface area contributed by atoms with Gasteiger partial charge in [0.15, 0.2) is 5.76 Å². The van der Waals surface area contributed by atoms with E-state index in [2.05, 4.69) is 13.8 Å². The molecule has 2 atom stereocenters. The maximum Gasteiger partial charge on any atom is 0.290 e. The van der Waals surface area contributed by atoms with Crippen molar-refractivity contribution in [1.82, 2.24) is 9.21 Å². The maximum atomic E-state index is 13.5. The predicted molar refractivity (Wildman–Crippen MR) is 134 cm³/mol. The lowest BCUT2D eigenvalue weighted by atomic mass is 9.94. The molecule has 7 heteroatoms. The van der Waals surface area contributed by atoms with Crippen LogP contribution in [-0.2, 0) is 16.6 Å². The first-order valence-corrected chi connectivity index (χ1v) is 13.4. The lowest BCUT2D eigenvalue weighted by Crippen LogP contribution is -2.42. The molecule has 1 aromatic heterocycles. The number of fused-ring (bicyclic) bond motifs is 1. The fourth-order valence-corrected chi connectivity index (χ4v) is 6.62. The first-order valence-electron chi connectivity index (χ1n) is 12.0. The third-order valence-corrected chi connectivity index (χ3v) is 8.48. The standard InChI is InChI=1S/C27H34N2O4S/c1-18(2)29(17-22-9-7-6-8-10-22)27(30)26-21(5)24-14-23(11-12-25(24)33-26)34(31,32)28-15-19(3)13-20(4)16-28/h6-12,14,18-20H,13,15-17H2,1-5H3/t19-,20-/m0/s1. The SMILES string of the molecule is Cc1c(C(=O)N(Cc2ccccc2)C(C)C)oc2ccc(S(=O)(=O)N3C[C@@H](C)C[C@H](C)C3)cc12. The molecular formula is C27H34N2O4S. The van der Waals surface area contributed by atoms with Crippen LogP contribution in [0.15, 0.2) is 57.8 Å². The molecule has 182 valence electrons. The molecule has 0 aliphatic carbocycles. The number of aryl methyl sites for hydroxylation is 1. The number of hydrogen-bond donors (Lipinski definition) is 0. The first kappa shape index (κ1) is 24.5. The van der Waals surface area contributed by atoms with Crippen LogP contribution in [0.5, 0.6) is 0 Å². The summed E-state index contributed by atoms with van der Waals surface area (Å²) in [5.74, 6) is 0.715. The van der Waals surface area contributed by atoms with E-state index in [0.717, 1.165) is 12.0 Å². The Morgan fingerprint density at radius 1 is 1.09 bits per heavy atom. The zero-order chi connectivity index (χ0) is 24.6. The average molecular weight is 483 g/mol. The molecule has 2 heterocycles. The minimum absolute atomic E-state index is 0.0284. The summed E-state index contributed by atoms with van der Waals surface area (Å²) < 4.78 is 34.4. The zero-order valence-corrected chi connectivity index (χ0v) is 21.4. The van der Waals surface area contributed by atoms with Crippen LogP contribution < -0.4 is 0 Å². The van der Waals surface area contributed by atoms with Gasteiger partial charge in [-0.15, -0.1) is 0 Å². The van der Waals surface area contributed by atoms with E-state index < -0.39 is 10.0 Å². The Hall–Kier alpha value is -2.64. The van der Waals surface area contributed by atoms with Crippen LogP contribution in [0.1, 0.15) is 55.8 Å². The van der Waals surface area contributed by atoms with Crippen molar-refractivity contribution in [3.63, 3.8) is 0 Å². The Labute approximate surface area is 202 Å². The second-order valence-electron chi connectivity index (χ2n) is 9.99. The van der Waals surface area contributed by atoms with E-state index >= 15 is 0 Å². The molecule has 1 amide bonds. The number of amides is 1. The van der Waals surface area contributed by atoms with Gasteiger partial charge in [-0.1, -0.05) is 44.2 Å². The number of carbonyl (C=O) groups excluding carboxylic acids is 1. The second-order valence-corrected chi connectivity index (χ2v) is 11.9. The first-order chi connectivity index (χ1) is 16.1. The lowest BCUT2D eigenvalue weighted by Gasteiger charge is -2.34. The smallest absolute Gasteiger partial charge is 0.290 e. The van der Waals surface area contributed by atoms with Gasteiger partial charge in [0.05, 0.1) is 4.90 Å². The van der Waals surface area contributed by atoms with Crippen LogP contribution in [0.3, 0.4) is 0 Å². The van der Waals surface area contributed by atoms with Gasteiger partial charge in [0.25, 0.3) is 5.91 Å². The summed E-state index contributed by atoms with van der Waals surface area (Å²) in [5, 5.41) is 0.658. The summed E-state index contributed by atoms with van der Waals surface area (Å²) >= 11 is 0. The molecule has 1 aliphatic rings. The van der Waals surface area contributed by atoms with Gasteiger partial charge in [0.2, 0.25) is 10.0 Å². The summed E-state index contributed by atoms with van der Waals surface area (Å²) in [5.41, 5.74) is 2.22. The van der Waals surface area contributed by atoms with E-state index in [0.29, 0.717) is 48.0 Å². The number of carbonyl (C=O) groups is 1. The van der Waals surface area contributed by atoms with Crippen LogP contribution in [0.25, 0.3) is 11.0 Å². The molecule has 34 heavy (non-hydrogen) atoms. The van der Waals surface area contributed by atoms with Crippen molar-refractivity contribution in [1.29, 1.82) is 0 Å².